The Morgan fingerprint density at radius 3 is 2.43 bits per heavy atom. The van der Waals surface area contributed by atoms with E-state index in [1.165, 1.54) is 34.9 Å². The molecule has 1 nitrogen and oxygen atoms in total. The lowest BCUT2D eigenvalue weighted by atomic mass is 9.97. The first-order valence-electron chi connectivity index (χ1n) is 9.94. The Hall–Kier alpha value is -2.61. The molecule has 0 aliphatic carbocycles. The highest BCUT2D eigenvalue weighted by atomic mass is 31.0. The van der Waals surface area contributed by atoms with Gasteiger partial charge in [0.05, 0.1) is 0 Å². The molecule has 0 fully saturated rings. The molecule has 0 unspecified atom stereocenters. The predicted octanol–water partition coefficient (Wildman–Crippen LogP) is 6.49. The molecule has 0 aliphatic heterocycles. The van der Waals surface area contributed by atoms with Crippen molar-refractivity contribution in [2.45, 2.75) is 26.7 Å². The molecular weight excluding hydrogens is 395 g/mol. The summed E-state index contributed by atoms with van der Waals surface area (Å²) in [6, 6.07) is 17.8. The van der Waals surface area contributed by atoms with E-state index in [0.717, 1.165) is 23.1 Å². The first-order valence-corrected chi connectivity index (χ1v) is 10.4. The van der Waals surface area contributed by atoms with E-state index in [-0.39, 0.29) is 11.6 Å². The lowest BCUT2D eigenvalue weighted by molar-refractivity contribution is 0.622. The number of benzene rings is 3. The van der Waals surface area contributed by atoms with Crippen LogP contribution in [0.2, 0.25) is 0 Å². The number of aryl methyl sites for hydroxylation is 2. The minimum atomic E-state index is -0.324. The zero-order valence-electron chi connectivity index (χ0n) is 17.4. The zero-order chi connectivity index (χ0) is 21.7. The van der Waals surface area contributed by atoms with Crippen molar-refractivity contribution in [1.82, 2.24) is 5.32 Å². The minimum absolute atomic E-state index is 0.285. The van der Waals surface area contributed by atoms with Crippen molar-refractivity contribution in [1.29, 1.82) is 0 Å². The van der Waals surface area contributed by atoms with Gasteiger partial charge in [-0.3, -0.25) is 5.32 Å². The van der Waals surface area contributed by atoms with Crippen molar-refractivity contribution in [3.8, 4) is 0 Å². The van der Waals surface area contributed by atoms with Gasteiger partial charge in [-0.1, -0.05) is 48.5 Å². The quantitative estimate of drug-likeness (QED) is 0.410. The van der Waals surface area contributed by atoms with Crippen LogP contribution in [0.3, 0.4) is 0 Å². The molecule has 3 aromatic rings. The summed E-state index contributed by atoms with van der Waals surface area (Å²) in [6.07, 6.45) is 1.23. The fourth-order valence-corrected chi connectivity index (χ4v) is 3.77. The van der Waals surface area contributed by atoms with Gasteiger partial charge in [-0.15, -0.1) is 8.86 Å². The molecule has 0 aromatic heterocycles. The Kier molecular flexibility index (Phi) is 7.31. The van der Waals surface area contributed by atoms with E-state index in [4.69, 9.17) is 0 Å². The summed E-state index contributed by atoms with van der Waals surface area (Å²) in [5.74, 6) is -0.609. The van der Waals surface area contributed by atoms with Gasteiger partial charge in [0.1, 0.15) is 11.6 Å². The van der Waals surface area contributed by atoms with Crippen molar-refractivity contribution in [3.63, 3.8) is 0 Å². The van der Waals surface area contributed by atoms with Crippen LogP contribution >= 0.6 is 8.86 Å². The molecule has 0 spiro atoms. The number of rotatable bonds is 8. The first-order chi connectivity index (χ1) is 14.3. The van der Waals surface area contributed by atoms with E-state index < -0.39 is 0 Å². The van der Waals surface area contributed by atoms with E-state index >= 15 is 0 Å². The van der Waals surface area contributed by atoms with Gasteiger partial charge < -0.3 is 0 Å². The second-order valence-electron chi connectivity index (χ2n) is 7.59. The Bertz CT molecular complexity index is 1090. The maximum Gasteiger partial charge on any atom is 0.132 e. The first kappa shape index (κ1) is 22.1. The Morgan fingerprint density at radius 1 is 0.933 bits per heavy atom. The summed E-state index contributed by atoms with van der Waals surface area (Å²) < 4.78 is 28.0. The Balaban J connectivity index is 1.59. The van der Waals surface area contributed by atoms with Crippen LogP contribution in [0.5, 0.6) is 0 Å². The molecule has 0 heterocycles. The standard InChI is InChI=1S/C26H26F2NP/c1-17-7-8-18(2)24(13-17)19(3)11-12-29-26(30)23-10-9-21(16-25(23)28)14-20-5-4-6-22(27)15-20/h4-10,13,15-16,29-30H,3,11-12,14H2,1-2H3. The van der Waals surface area contributed by atoms with Crippen LogP contribution in [0.1, 0.15) is 39.8 Å². The van der Waals surface area contributed by atoms with Crippen molar-refractivity contribution in [2.75, 3.05) is 6.54 Å². The fraction of sp³-hybridized carbons (Fsp3) is 0.192. The van der Waals surface area contributed by atoms with Gasteiger partial charge in [-0.25, -0.2) is 8.78 Å². The lowest BCUT2D eigenvalue weighted by Gasteiger charge is -2.13. The second-order valence-corrected chi connectivity index (χ2v) is 8.09. The largest absolute Gasteiger partial charge is 0.284 e. The number of halogens is 2. The molecule has 4 heteroatoms. The Morgan fingerprint density at radius 2 is 1.70 bits per heavy atom. The number of nitrogens with one attached hydrogen (secondary N) is 1. The van der Waals surface area contributed by atoms with Crippen LogP contribution in [0, 0.1) is 25.5 Å². The predicted molar refractivity (Wildman–Crippen MR) is 126 cm³/mol. The molecule has 0 radical (unpaired) electrons. The summed E-state index contributed by atoms with van der Waals surface area (Å²) in [5, 5.41) is 3.23. The van der Waals surface area contributed by atoms with Crippen LogP contribution in [0.25, 0.3) is 5.57 Å². The molecule has 0 saturated heterocycles. The van der Waals surface area contributed by atoms with Gasteiger partial charge in [0.2, 0.25) is 0 Å². The summed E-state index contributed by atoms with van der Waals surface area (Å²) in [7, 11) is 3.51. The third-order valence-electron chi connectivity index (χ3n) is 5.10. The Labute approximate surface area is 179 Å². The average molecular weight is 421 g/mol. The third-order valence-corrected chi connectivity index (χ3v) is 5.55. The fourth-order valence-electron chi connectivity index (χ4n) is 3.44. The monoisotopic (exact) mass is 421 g/mol. The molecule has 30 heavy (non-hydrogen) atoms. The smallest absolute Gasteiger partial charge is 0.132 e. The van der Waals surface area contributed by atoms with Gasteiger partial charge in [0.15, 0.2) is 0 Å². The average Bonchev–Trinajstić information content (AvgIpc) is 2.69. The molecule has 0 atom stereocenters. The van der Waals surface area contributed by atoms with Gasteiger partial charge in [-0.2, -0.15) is 0 Å². The molecule has 0 aliphatic rings. The SMILES string of the molecule is C=C(CCNC(=P)c1ccc(Cc2cccc(F)c2)cc1F)c1cc(C)ccc1C. The molecule has 0 saturated carbocycles. The number of hydrogen-bond donors (Lipinski definition) is 1. The van der Waals surface area contributed by atoms with E-state index in [2.05, 4.69) is 52.8 Å². The van der Waals surface area contributed by atoms with Gasteiger partial charge in [0.25, 0.3) is 0 Å². The summed E-state index contributed by atoms with van der Waals surface area (Å²) >= 11 is 0. The third kappa shape index (κ3) is 5.72. The zero-order valence-corrected chi connectivity index (χ0v) is 18.4. The molecule has 0 bridgehead atoms. The van der Waals surface area contributed by atoms with Crippen molar-refractivity contribution in [2.24, 2.45) is 0 Å². The van der Waals surface area contributed by atoms with Gasteiger partial charge >= 0.3 is 0 Å². The molecule has 3 aromatic carbocycles. The maximum absolute atomic E-state index is 14.6. The van der Waals surface area contributed by atoms with Crippen molar-refractivity contribution < 1.29 is 8.78 Å². The molecule has 0 amide bonds. The van der Waals surface area contributed by atoms with Crippen LogP contribution < -0.4 is 5.32 Å². The highest BCUT2D eigenvalue weighted by Gasteiger charge is 2.10. The van der Waals surface area contributed by atoms with Crippen molar-refractivity contribution >= 4 is 19.9 Å². The topological polar surface area (TPSA) is 12.0 Å². The van der Waals surface area contributed by atoms with Crippen molar-refractivity contribution in [3.05, 3.63) is 112 Å². The van der Waals surface area contributed by atoms with Crippen LogP contribution in [0.15, 0.2) is 67.2 Å². The normalized spacial score (nSPS) is 10.8. The van der Waals surface area contributed by atoms with Crippen LogP contribution in [-0.2, 0) is 6.42 Å². The molecular formula is C26H26F2NP. The van der Waals surface area contributed by atoms with E-state index in [0.29, 0.717) is 23.9 Å². The maximum atomic E-state index is 14.6. The lowest BCUT2D eigenvalue weighted by Crippen LogP contribution is -2.24. The van der Waals surface area contributed by atoms with E-state index in [1.54, 1.807) is 12.1 Å². The van der Waals surface area contributed by atoms with Gasteiger partial charge in [-0.05, 0) is 78.8 Å². The second kappa shape index (κ2) is 9.93. The molecule has 1 N–H and O–H groups in total. The van der Waals surface area contributed by atoms with Crippen LogP contribution in [0.4, 0.5) is 8.78 Å². The van der Waals surface area contributed by atoms with Gasteiger partial charge in [0, 0.05) is 17.5 Å². The number of hydrogen-bond acceptors (Lipinski definition) is 0. The molecule has 3 rings (SSSR count). The van der Waals surface area contributed by atoms with E-state index in [1.807, 2.05) is 12.1 Å². The highest BCUT2D eigenvalue weighted by molar-refractivity contribution is 7.21. The summed E-state index contributed by atoms with van der Waals surface area (Å²) in [6.45, 7) is 8.99. The highest BCUT2D eigenvalue weighted by Crippen LogP contribution is 2.21. The van der Waals surface area contributed by atoms with Crippen LogP contribution in [-0.4, -0.2) is 12.0 Å². The van der Waals surface area contributed by atoms with E-state index in [9.17, 15) is 8.78 Å². The molecule has 154 valence electrons. The minimum Gasteiger partial charge on any atom is -0.284 e. The summed E-state index contributed by atoms with van der Waals surface area (Å²) in [4.78, 5) is 0. The summed E-state index contributed by atoms with van der Waals surface area (Å²) in [5.41, 5.74) is 7.29.